The Hall–Kier alpha value is -2.58. The largest absolute Gasteiger partial charge is 0.460 e. The number of hydrogen-bond acceptors (Lipinski definition) is 6. The number of carbonyl (C=O) groups is 3. The van der Waals surface area contributed by atoms with Crippen molar-refractivity contribution >= 4 is 23.8 Å². The summed E-state index contributed by atoms with van der Waals surface area (Å²) in [6.07, 6.45) is 2.51. The van der Waals surface area contributed by atoms with Crippen molar-refractivity contribution < 1.29 is 23.9 Å². The highest BCUT2D eigenvalue weighted by atomic mass is 16.6. The third-order valence-electron chi connectivity index (χ3n) is 3.72. The van der Waals surface area contributed by atoms with Crippen LogP contribution in [-0.4, -0.2) is 45.3 Å². The van der Waals surface area contributed by atoms with E-state index in [9.17, 15) is 14.4 Å². The molecule has 0 saturated heterocycles. The van der Waals surface area contributed by atoms with E-state index < -0.39 is 23.2 Å². The molecule has 2 N–H and O–H groups in total. The molecule has 0 aromatic carbocycles. The summed E-state index contributed by atoms with van der Waals surface area (Å²) >= 11 is 0. The van der Waals surface area contributed by atoms with Gasteiger partial charge in [0.15, 0.2) is 5.82 Å². The van der Waals surface area contributed by atoms with Crippen LogP contribution in [0.15, 0.2) is 6.20 Å². The van der Waals surface area contributed by atoms with E-state index >= 15 is 0 Å². The number of carbonyl (C=O) groups excluding carboxylic acids is 3. The van der Waals surface area contributed by atoms with E-state index in [0.29, 0.717) is 12.8 Å². The van der Waals surface area contributed by atoms with Gasteiger partial charge in [-0.1, -0.05) is 0 Å². The fourth-order valence-corrected chi connectivity index (χ4v) is 2.42. The maximum atomic E-state index is 12.3. The zero-order valence-electron chi connectivity index (χ0n) is 15.8. The number of hydrogen-bond donors (Lipinski definition) is 2. The summed E-state index contributed by atoms with van der Waals surface area (Å²) in [6, 6.07) is 0. The summed E-state index contributed by atoms with van der Waals surface area (Å²) in [5.41, 5.74) is -1.18. The van der Waals surface area contributed by atoms with E-state index in [1.807, 2.05) is 0 Å². The number of aryl methyl sites for hydroxylation is 1. The van der Waals surface area contributed by atoms with Crippen LogP contribution >= 0.6 is 0 Å². The van der Waals surface area contributed by atoms with Gasteiger partial charge >= 0.3 is 12.1 Å². The zero-order valence-corrected chi connectivity index (χ0v) is 15.8. The van der Waals surface area contributed by atoms with Crippen LogP contribution < -0.4 is 10.6 Å². The lowest BCUT2D eigenvalue weighted by atomic mass is 10.1. The van der Waals surface area contributed by atoms with E-state index in [1.165, 1.54) is 10.8 Å². The van der Waals surface area contributed by atoms with Gasteiger partial charge in [0.05, 0.1) is 18.6 Å². The van der Waals surface area contributed by atoms with Gasteiger partial charge in [0, 0.05) is 13.2 Å². The monoisotopic (exact) mass is 366 g/mol. The summed E-state index contributed by atoms with van der Waals surface area (Å²) in [6.45, 7) is 7.28. The highest BCUT2D eigenvalue weighted by molar-refractivity contribution is 5.92. The van der Waals surface area contributed by atoms with Crippen molar-refractivity contribution in [2.75, 3.05) is 11.9 Å². The highest BCUT2D eigenvalue weighted by Gasteiger charge is 2.46. The highest BCUT2D eigenvalue weighted by Crippen LogP contribution is 2.39. The molecule has 0 aliphatic heterocycles. The van der Waals surface area contributed by atoms with Gasteiger partial charge in [-0.3, -0.25) is 4.79 Å². The molecule has 0 radical (unpaired) electrons. The molecule has 1 fully saturated rings. The lowest BCUT2D eigenvalue weighted by Gasteiger charge is -2.23. The van der Waals surface area contributed by atoms with Crippen molar-refractivity contribution in [1.29, 1.82) is 0 Å². The average Bonchev–Trinajstić information content (AvgIpc) is 3.10. The molecular formula is C17H26N4O5. The van der Waals surface area contributed by atoms with E-state index in [4.69, 9.17) is 9.47 Å². The smallest absolute Gasteiger partial charge is 0.408 e. The van der Waals surface area contributed by atoms with Gasteiger partial charge in [-0.15, -0.1) is 0 Å². The molecule has 0 unspecified atom stereocenters. The molecule has 2 rings (SSSR count). The molecule has 0 atom stereocenters. The third kappa shape index (κ3) is 5.47. The molecule has 0 bridgehead atoms. The molecule has 0 spiro atoms. The molecule has 9 nitrogen and oxygen atoms in total. The number of alkyl carbamates (subject to hydrolysis) is 1. The Kier molecular flexibility index (Phi) is 5.58. The lowest BCUT2D eigenvalue weighted by Crippen LogP contribution is -2.42. The molecule has 1 heterocycles. The van der Waals surface area contributed by atoms with Crippen molar-refractivity contribution in [2.24, 2.45) is 7.05 Å². The second kappa shape index (κ2) is 7.35. The Bertz CT molecular complexity index is 700. The van der Waals surface area contributed by atoms with Gasteiger partial charge in [0.1, 0.15) is 5.60 Å². The van der Waals surface area contributed by atoms with Gasteiger partial charge in [0.25, 0.3) is 0 Å². The first-order chi connectivity index (χ1) is 12.0. The van der Waals surface area contributed by atoms with Crippen LogP contribution in [0, 0.1) is 0 Å². The maximum Gasteiger partial charge on any atom is 0.408 e. The minimum Gasteiger partial charge on any atom is -0.460 e. The second-order valence-electron chi connectivity index (χ2n) is 7.41. The second-order valence-corrected chi connectivity index (χ2v) is 7.41. The van der Waals surface area contributed by atoms with Crippen molar-refractivity contribution in [3.8, 4) is 0 Å². The standard InChI is InChI=1S/C17H26N4O5/c1-6-25-14(23)13-19-11(10-21(13)5)18-12(22)9-17(7-8-17)20-15(24)26-16(2,3)4/h10H,6-9H2,1-5H3,(H,18,22)(H,20,24). The molecule has 9 heteroatoms. The van der Waals surface area contributed by atoms with Gasteiger partial charge in [-0.2, -0.15) is 0 Å². The lowest BCUT2D eigenvalue weighted by molar-refractivity contribution is -0.116. The topological polar surface area (TPSA) is 112 Å². The Balaban J connectivity index is 1.92. The van der Waals surface area contributed by atoms with E-state index in [1.54, 1.807) is 34.7 Å². The summed E-state index contributed by atoms with van der Waals surface area (Å²) < 4.78 is 11.6. The summed E-state index contributed by atoms with van der Waals surface area (Å²) in [4.78, 5) is 40.0. The molecule has 1 aliphatic rings. The predicted octanol–water partition coefficient (Wildman–Crippen LogP) is 1.98. The Morgan fingerprint density at radius 2 is 1.96 bits per heavy atom. The van der Waals surface area contributed by atoms with Crippen LogP contribution in [0.2, 0.25) is 0 Å². The summed E-state index contributed by atoms with van der Waals surface area (Å²) in [5.74, 6) is -0.489. The number of imidazole rings is 1. The Morgan fingerprint density at radius 3 is 2.50 bits per heavy atom. The third-order valence-corrected chi connectivity index (χ3v) is 3.72. The van der Waals surface area contributed by atoms with Crippen LogP contribution in [-0.2, 0) is 21.3 Å². The number of rotatable bonds is 6. The molecule has 1 aliphatic carbocycles. The molecular weight excluding hydrogens is 340 g/mol. The SMILES string of the molecule is CCOC(=O)c1nc(NC(=O)CC2(NC(=O)OC(C)(C)C)CC2)cn1C. The van der Waals surface area contributed by atoms with Crippen molar-refractivity contribution in [1.82, 2.24) is 14.9 Å². The number of esters is 1. The average molecular weight is 366 g/mol. The van der Waals surface area contributed by atoms with Crippen molar-refractivity contribution in [2.45, 2.75) is 58.1 Å². The van der Waals surface area contributed by atoms with Crippen LogP contribution in [0.25, 0.3) is 0 Å². The van der Waals surface area contributed by atoms with E-state index in [0.717, 1.165) is 0 Å². The Morgan fingerprint density at radius 1 is 1.31 bits per heavy atom. The molecule has 144 valence electrons. The number of nitrogens with one attached hydrogen (secondary N) is 2. The molecule has 1 saturated carbocycles. The van der Waals surface area contributed by atoms with Crippen LogP contribution in [0.5, 0.6) is 0 Å². The molecule has 26 heavy (non-hydrogen) atoms. The first kappa shape index (κ1) is 19.7. The maximum absolute atomic E-state index is 12.3. The number of ether oxygens (including phenoxy) is 2. The fourth-order valence-electron chi connectivity index (χ4n) is 2.42. The van der Waals surface area contributed by atoms with Crippen molar-refractivity contribution in [3.63, 3.8) is 0 Å². The normalized spacial score (nSPS) is 15.1. The molecule has 1 aromatic heterocycles. The Labute approximate surface area is 152 Å². The van der Waals surface area contributed by atoms with Crippen LogP contribution in [0.3, 0.4) is 0 Å². The fraction of sp³-hybridized carbons (Fsp3) is 0.647. The number of anilines is 1. The predicted molar refractivity (Wildman–Crippen MR) is 93.7 cm³/mol. The number of aromatic nitrogens is 2. The van der Waals surface area contributed by atoms with E-state index in [-0.39, 0.29) is 30.6 Å². The van der Waals surface area contributed by atoms with E-state index in [2.05, 4.69) is 15.6 Å². The summed E-state index contributed by atoms with van der Waals surface area (Å²) in [7, 11) is 1.64. The minimum atomic E-state index is -0.597. The first-order valence-electron chi connectivity index (χ1n) is 8.55. The zero-order chi connectivity index (χ0) is 19.5. The number of nitrogens with zero attached hydrogens (tertiary/aromatic N) is 2. The quantitative estimate of drug-likeness (QED) is 0.745. The first-order valence-corrected chi connectivity index (χ1v) is 8.55. The molecule has 2 amide bonds. The van der Waals surface area contributed by atoms with Gasteiger partial charge < -0.3 is 24.7 Å². The summed E-state index contributed by atoms with van der Waals surface area (Å²) in [5, 5.41) is 5.42. The molecule has 1 aromatic rings. The van der Waals surface area contributed by atoms with Gasteiger partial charge in [0.2, 0.25) is 11.7 Å². The van der Waals surface area contributed by atoms with Gasteiger partial charge in [-0.05, 0) is 40.5 Å². The van der Waals surface area contributed by atoms with Crippen molar-refractivity contribution in [3.05, 3.63) is 12.0 Å². The van der Waals surface area contributed by atoms with Crippen LogP contribution in [0.1, 0.15) is 57.6 Å². The van der Waals surface area contributed by atoms with Gasteiger partial charge in [-0.25, -0.2) is 14.6 Å². The van der Waals surface area contributed by atoms with Crippen LogP contribution in [0.4, 0.5) is 10.6 Å². The number of amides is 2. The minimum absolute atomic E-state index is 0.107.